The Morgan fingerprint density at radius 3 is 2.91 bits per heavy atom. The predicted molar refractivity (Wildman–Crippen MR) is 91.7 cm³/mol. The average molecular weight is 310 g/mol. The van der Waals surface area contributed by atoms with E-state index in [2.05, 4.69) is 44.1 Å². The molecule has 2 aromatic heterocycles. The Hall–Kier alpha value is -2.34. The average Bonchev–Trinajstić information content (AvgIpc) is 3.13. The van der Waals surface area contributed by atoms with Crippen molar-refractivity contribution < 1.29 is 0 Å². The fourth-order valence-corrected chi connectivity index (χ4v) is 3.21. The first kappa shape index (κ1) is 14.3. The van der Waals surface area contributed by atoms with Crippen molar-refractivity contribution in [3.8, 4) is 0 Å². The Morgan fingerprint density at radius 2 is 2.00 bits per heavy atom. The SMILES string of the molecule is c1ccc2c(c1)nc(N1CCCNCC1)n2CCn1cccn1. The number of hydrogen-bond donors (Lipinski definition) is 1. The Labute approximate surface area is 135 Å². The molecule has 1 aromatic carbocycles. The molecule has 1 aliphatic rings. The molecule has 0 saturated carbocycles. The maximum atomic E-state index is 4.91. The largest absolute Gasteiger partial charge is 0.341 e. The number of hydrogen-bond acceptors (Lipinski definition) is 4. The second-order valence-corrected chi connectivity index (χ2v) is 5.91. The molecule has 6 heteroatoms. The van der Waals surface area contributed by atoms with Gasteiger partial charge in [0.05, 0.1) is 17.6 Å². The maximum absolute atomic E-state index is 4.91. The zero-order chi connectivity index (χ0) is 15.5. The molecule has 0 amide bonds. The van der Waals surface area contributed by atoms with Crippen LogP contribution in [0, 0.1) is 0 Å². The highest BCUT2D eigenvalue weighted by Crippen LogP contribution is 2.23. The van der Waals surface area contributed by atoms with Crippen LogP contribution >= 0.6 is 0 Å². The van der Waals surface area contributed by atoms with Crippen LogP contribution in [-0.2, 0) is 13.1 Å². The van der Waals surface area contributed by atoms with Gasteiger partial charge in [-0.05, 0) is 31.2 Å². The van der Waals surface area contributed by atoms with Crippen molar-refractivity contribution in [3.05, 3.63) is 42.7 Å². The van der Waals surface area contributed by atoms with E-state index in [1.165, 1.54) is 5.52 Å². The molecular weight excluding hydrogens is 288 g/mol. The molecule has 0 spiro atoms. The summed E-state index contributed by atoms with van der Waals surface area (Å²) in [5.74, 6) is 1.09. The molecule has 0 aliphatic carbocycles. The van der Waals surface area contributed by atoms with Gasteiger partial charge in [-0.15, -0.1) is 0 Å². The number of para-hydroxylation sites is 2. The summed E-state index contributed by atoms with van der Waals surface area (Å²) in [7, 11) is 0. The van der Waals surface area contributed by atoms with Crippen LogP contribution in [0.2, 0.25) is 0 Å². The van der Waals surface area contributed by atoms with Gasteiger partial charge in [0.15, 0.2) is 0 Å². The van der Waals surface area contributed by atoms with Crippen LogP contribution in [0.1, 0.15) is 6.42 Å². The van der Waals surface area contributed by atoms with Crippen LogP contribution in [0.3, 0.4) is 0 Å². The number of anilines is 1. The summed E-state index contributed by atoms with van der Waals surface area (Å²) in [5.41, 5.74) is 2.27. The number of nitrogens with one attached hydrogen (secondary N) is 1. The van der Waals surface area contributed by atoms with Crippen molar-refractivity contribution in [2.75, 3.05) is 31.1 Å². The van der Waals surface area contributed by atoms with Crippen LogP contribution in [0.15, 0.2) is 42.7 Å². The predicted octanol–water partition coefficient (Wildman–Crippen LogP) is 1.73. The monoisotopic (exact) mass is 310 g/mol. The zero-order valence-corrected chi connectivity index (χ0v) is 13.2. The van der Waals surface area contributed by atoms with E-state index in [9.17, 15) is 0 Å². The molecule has 3 aromatic rings. The molecule has 1 saturated heterocycles. The van der Waals surface area contributed by atoms with E-state index in [0.29, 0.717) is 0 Å². The van der Waals surface area contributed by atoms with Crippen LogP contribution in [0.25, 0.3) is 11.0 Å². The highest BCUT2D eigenvalue weighted by Gasteiger charge is 2.18. The molecule has 1 fully saturated rings. The van der Waals surface area contributed by atoms with E-state index in [1.807, 2.05) is 23.1 Å². The maximum Gasteiger partial charge on any atom is 0.206 e. The number of imidazole rings is 1. The molecule has 23 heavy (non-hydrogen) atoms. The van der Waals surface area contributed by atoms with E-state index in [0.717, 1.165) is 57.2 Å². The van der Waals surface area contributed by atoms with Crippen LogP contribution in [0.4, 0.5) is 5.95 Å². The fourth-order valence-electron chi connectivity index (χ4n) is 3.21. The van der Waals surface area contributed by atoms with Crippen LogP contribution in [0.5, 0.6) is 0 Å². The number of benzene rings is 1. The Kier molecular flexibility index (Phi) is 3.98. The molecular formula is C17H22N6. The van der Waals surface area contributed by atoms with Gasteiger partial charge in [0.25, 0.3) is 0 Å². The lowest BCUT2D eigenvalue weighted by atomic mass is 10.3. The molecule has 0 atom stereocenters. The third-order valence-corrected chi connectivity index (χ3v) is 4.37. The number of aromatic nitrogens is 4. The summed E-state index contributed by atoms with van der Waals surface area (Å²) in [6.45, 7) is 5.89. The molecule has 6 nitrogen and oxygen atoms in total. The van der Waals surface area contributed by atoms with Gasteiger partial charge in [-0.2, -0.15) is 5.10 Å². The Balaban J connectivity index is 1.68. The number of fused-ring (bicyclic) bond motifs is 1. The van der Waals surface area contributed by atoms with Gasteiger partial charge in [-0.3, -0.25) is 4.68 Å². The van der Waals surface area contributed by atoms with Gasteiger partial charge in [-0.1, -0.05) is 12.1 Å². The van der Waals surface area contributed by atoms with Crippen molar-refractivity contribution in [2.45, 2.75) is 19.5 Å². The van der Waals surface area contributed by atoms with E-state index in [1.54, 1.807) is 0 Å². The molecule has 0 unspecified atom stereocenters. The lowest BCUT2D eigenvalue weighted by Crippen LogP contribution is -2.30. The summed E-state index contributed by atoms with van der Waals surface area (Å²) in [5, 5.41) is 7.77. The molecule has 3 heterocycles. The van der Waals surface area contributed by atoms with Gasteiger partial charge >= 0.3 is 0 Å². The van der Waals surface area contributed by atoms with Gasteiger partial charge in [0.2, 0.25) is 5.95 Å². The lowest BCUT2D eigenvalue weighted by molar-refractivity contribution is 0.537. The smallest absolute Gasteiger partial charge is 0.206 e. The molecule has 1 N–H and O–H groups in total. The minimum absolute atomic E-state index is 0.854. The van der Waals surface area contributed by atoms with Crippen molar-refractivity contribution in [2.24, 2.45) is 0 Å². The lowest BCUT2D eigenvalue weighted by Gasteiger charge is -2.22. The van der Waals surface area contributed by atoms with Crippen molar-refractivity contribution in [3.63, 3.8) is 0 Å². The van der Waals surface area contributed by atoms with E-state index in [4.69, 9.17) is 4.98 Å². The minimum atomic E-state index is 0.854. The highest BCUT2D eigenvalue weighted by atomic mass is 15.3. The zero-order valence-electron chi connectivity index (χ0n) is 13.2. The minimum Gasteiger partial charge on any atom is -0.341 e. The van der Waals surface area contributed by atoms with Crippen molar-refractivity contribution in [1.82, 2.24) is 24.6 Å². The number of aryl methyl sites for hydroxylation is 2. The fraction of sp³-hybridized carbons (Fsp3) is 0.412. The first-order valence-electron chi connectivity index (χ1n) is 8.30. The Bertz CT molecular complexity index is 753. The first-order valence-corrected chi connectivity index (χ1v) is 8.30. The Morgan fingerprint density at radius 1 is 1.04 bits per heavy atom. The summed E-state index contributed by atoms with van der Waals surface area (Å²) in [4.78, 5) is 7.32. The summed E-state index contributed by atoms with van der Waals surface area (Å²) in [6, 6.07) is 10.4. The van der Waals surface area contributed by atoms with Crippen LogP contribution < -0.4 is 10.2 Å². The van der Waals surface area contributed by atoms with Gasteiger partial charge in [-0.25, -0.2) is 4.98 Å². The third kappa shape index (κ3) is 2.94. The first-order chi connectivity index (χ1) is 11.4. The molecule has 0 bridgehead atoms. The summed E-state index contributed by atoms with van der Waals surface area (Å²) >= 11 is 0. The van der Waals surface area contributed by atoms with Crippen molar-refractivity contribution >= 4 is 17.0 Å². The van der Waals surface area contributed by atoms with Crippen molar-refractivity contribution in [1.29, 1.82) is 0 Å². The van der Waals surface area contributed by atoms with E-state index in [-0.39, 0.29) is 0 Å². The normalized spacial score (nSPS) is 15.9. The number of nitrogens with zero attached hydrogens (tertiary/aromatic N) is 5. The molecule has 1 aliphatic heterocycles. The molecule has 4 rings (SSSR count). The second-order valence-electron chi connectivity index (χ2n) is 5.91. The van der Waals surface area contributed by atoms with Crippen LogP contribution in [-0.4, -0.2) is 45.5 Å². The molecule has 0 radical (unpaired) electrons. The van der Waals surface area contributed by atoms with Gasteiger partial charge < -0.3 is 14.8 Å². The molecule has 120 valence electrons. The third-order valence-electron chi connectivity index (χ3n) is 4.37. The van der Waals surface area contributed by atoms with Gasteiger partial charge in [0.1, 0.15) is 0 Å². The van der Waals surface area contributed by atoms with E-state index < -0.39 is 0 Å². The second kappa shape index (κ2) is 6.42. The van der Waals surface area contributed by atoms with Gasteiger partial charge in [0, 0.05) is 38.6 Å². The van der Waals surface area contributed by atoms with E-state index >= 15 is 0 Å². The number of rotatable bonds is 4. The highest BCUT2D eigenvalue weighted by molar-refractivity contribution is 5.78. The topological polar surface area (TPSA) is 50.9 Å². The standard InChI is InChI=1S/C17H22N6/c1-2-6-16-15(5-1)20-17(21-10-3-7-18-9-12-21)23(16)14-13-22-11-4-8-19-22/h1-2,4-6,8,11,18H,3,7,9-10,12-14H2. The summed E-state index contributed by atoms with van der Waals surface area (Å²) < 4.78 is 4.31. The summed E-state index contributed by atoms with van der Waals surface area (Å²) in [6.07, 6.45) is 4.99. The quantitative estimate of drug-likeness (QED) is 0.797.